The lowest BCUT2D eigenvalue weighted by Crippen LogP contribution is -2.09. The molecule has 3 aromatic carbocycles. The fourth-order valence-electron chi connectivity index (χ4n) is 2.46. The summed E-state index contributed by atoms with van der Waals surface area (Å²) in [5.41, 5.74) is 7.86. The molecule has 128 valence electrons. The molecule has 6 nitrogen and oxygen atoms in total. The monoisotopic (exact) mass is 355 g/mol. The normalized spacial score (nSPS) is 12.0. The summed E-state index contributed by atoms with van der Waals surface area (Å²) in [5.74, 6) is -0.300. The van der Waals surface area contributed by atoms with Crippen molar-refractivity contribution in [3.63, 3.8) is 0 Å². The van der Waals surface area contributed by atoms with Crippen molar-refractivity contribution < 1.29 is 13.5 Å². The highest BCUT2D eigenvalue weighted by atomic mass is 32.2. The fraction of sp³-hybridized carbons (Fsp3) is 0.111. The first-order valence-electron chi connectivity index (χ1n) is 7.64. The summed E-state index contributed by atoms with van der Waals surface area (Å²) in [4.78, 5) is 0.151. The summed E-state index contributed by atoms with van der Waals surface area (Å²) >= 11 is 0. The number of nitrogen functional groups attached to an aromatic ring is 1. The van der Waals surface area contributed by atoms with Crippen molar-refractivity contribution in [2.45, 2.75) is 4.90 Å². The zero-order chi connectivity index (χ0) is 17.9. The summed E-state index contributed by atoms with van der Waals surface area (Å²) < 4.78 is 23.8. The third-order valence-corrected chi connectivity index (χ3v) is 5.47. The van der Waals surface area contributed by atoms with E-state index in [0.29, 0.717) is 17.1 Å². The molecule has 0 radical (unpaired) electrons. The van der Waals surface area contributed by atoms with Gasteiger partial charge in [0.15, 0.2) is 9.84 Å². The molecule has 0 aliphatic heterocycles. The second-order valence-electron chi connectivity index (χ2n) is 5.46. The Morgan fingerprint density at radius 1 is 0.880 bits per heavy atom. The zero-order valence-electron chi connectivity index (χ0n) is 13.3. The molecule has 0 aromatic heterocycles. The number of fused-ring (bicyclic) bond motifs is 1. The Morgan fingerprint density at radius 3 is 2.24 bits per heavy atom. The van der Waals surface area contributed by atoms with Crippen molar-refractivity contribution >= 4 is 37.7 Å². The van der Waals surface area contributed by atoms with E-state index >= 15 is 0 Å². The van der Waals surface area contributed by atoms with E-state index in [1.807, 2.05) is 24.3 Å². The van der Waals surface area contributed by atoms with E-state index < -0.39 is 16.4 Å². The van der Waals surface area contributed by atoms with Crippen LogP contribution in [0.3, 0.4) is 0 Å². The van der Waals surface area contributed by atoms with Crippen LogP contribution in [0, 0.1) is 0 Å². The van der Waals surface area contributed by atoms with Crippen molar-refractivity contribution in [1.29, 1.82) is 0 Å². The lowest BCUT2D eigenvalue weighted by atomic mass is 10.1. The number of anilines is 1. The van der Waals surface area contributed by atoms with Crippen molar-refractivity contribution in [3.05, 3.63) is 60.7 Å². The van der Waals surface area contributed by atoms with E-state index in [0.717, 1.165) is 10.8 Å². The molecule has 0 amide bonds. The summed E-state index contributed by atoms with van der Waals surface area (Å²) in [6.45, 7) is -0.409. The Balaban J connectivity index is 1.90. The van der Waals surface area contributed by atoms with Crippen LogP contribution in [-0.2, 0) is 9.84 Å². The van der Waals surface area contributed by atoms with Crippen LogP contribution in [0.1, 0.15) is 0 Å². The molecule has 0 fully saturated rings. The number of benzene rings is 3. The Hall–Kier alpha value is -2.77. The van der Waals surface area contributed by atoms with Crippen LogP contribution < -0.4 is 5.73 Å². The molecule has 3 rings (SSSR count). The molecule has 0 unspecified atom stereocenters. The number of sulfone groups is 1. The molecule has 0 aliphatic rings. The summed E-state index contributed by atoms with van der Waals surface area (Å²) in [7, 11) is -3.46. The van der Waals surface area contributed by atoms with Gasteiger partial charge in [-0.1, -0.05) is 24.3 Å². The van der Waals surface area contributed by atoms with Gasteiger partial charge in [-0.25, -0.2) is 8.42 Å². The molecule has 3 aromatic rings. The zero-order valence-corrected chi connectivity index (χ0v) is 14.1. The highest BCUT2D eigenvalue weighted by molar-refractivity contribution is 7.91. The van der Waals surface area contributed by atoms with E-state index in [1.54, 1.807) is 24.3 Å². The Morgan fingerprint density at radius 2 is 1.56 bits per heavy atom. The third-order valence-electron chi connectivity index (χ3n) is 3.76. The van der Waals surface area contributed by atoms with Gasteiger partial charge >= 0.3 is 0 Å². The van der Waals surface area contributed by atoms with Gasteiger partial charge in [0.2, 0.25) is 0 Å². The largest absolute Gasteiger partial charge is 0.398 e. The summed E-state index contributed by atoms with van der Waals surface area (Å²) in [5, 5.41) is 19.0. The maximum absolute atomic E-state index is 11.9. The number of aliphatic hydroxyl groups is 1. The second kappa shape index (κ2) is 7.00. The number of hydrogen-bond donors (Lipinski definition) is 2. The molecule has 3 N–H and O–H groups in total. The molecule has 7 heteroatoms. The molecular weight excluding hydrogens is 338 g/mol. The first-order chi connectivity index (χ1) is 12.0. The minimum Gasteiger partial charge on any atom is -0.398 e. The van der Waals surface area contributed by atoms with Gasteiger partial charge in [0.1, 0.15) is 0 Å². The Labute approximate surface area is 145 Å². The fourth-order valence-corrected chi connectivity index (χ4v) is 3.49. The number of nitrogens with two attached hydrogens (primary N) is 1. The molecule has 0 aliphatic carbocycles. The SMILES string of the molecule is Nc1ccc(N=Nc2ccc(S(=O)(=O)CCO)cc2)c2ccccc12. The van der Waals surface area contributed by atoms with Crippen LogP contribution in [0.4, 0.5) is 17.1 Å². The van der Waals surface area contributed by atoms with Gasteiger partial charge in [0.05, 0.1) is 28.6 Å². The summed E-state index contributed by atoms with van der Waals surface area (Å²) in [6, 6.07) is 17.3. The minimum atomic E-state index is -3.46. The summed E-state index contributed by atoms with van der Waals surface area (Å²) in [6.07, 6.45) is 0. The second-order valence-corrected chi connectivity index (χ2v) is 7.57. The quantitative estimate of drug-likeness (QED) is 0.539. The number of aliphatic hydroxyl groups excluding tert-OH is 1. The average molecular weight is 355 g/mol. The van der Waals surface area contributed by atoms with Crippen LogP contribution >= 0.6 is 0 Å². The first-order valence-corrected chi connectivity index (χ1v) is 9.29. The minimum absolute atomic E-state index is 0.151. The average Bonchev–Trinajstić information content (AvgIpc) is 2.62. The number of hydrogen-bond acceptors (Lipinski definition) is 6. The van der Waals surface area contributed by atoms with Crippen molar-refractivity contribution in [2.75, 3.05) is 18.1 Å². The van der Waals surface area contributed by atoms with E-state index in [9.17, 15) is 8.42 Å². The molecule has 0 atom stereocenters. The van der Waals surface area contributed by atoms with Crippen molar-refractivity contribution in [3.8, 4) is 0 Å². The molecule has 0 heterocycles. The van der Waals surface area contributed by atoms with Gasteiger partial charge in [-0.05, 0) is 36.4 Å². The van der Waals surface area contributed by atoms with Gasteiger partial charge in [-0.3, -0.25) is 0 Å². The van der Waals surface area contributed by atoms with Gasteiger partial charge in [0.25, 0.3) is 0 Å². The van der Waals surface area contributed by atoms with Gasteiger partial charge < -0.3 is 10.8 Å². The van der Waals surface area contributed by atoms with Crippen LogP contribution in [0.25, 0.3) is 10.8 Å². The van der Waals surface area contributed by atoms with E-state index in [1.165, 1.54) is 12.1 Å². The number of rotatable bonds is 5. The van der Waals surface area contributed by atoms with Crippen molar-refractivity contribution in [2.24, 2.45) is 10.2 Å². The molecule has 0 spiro atoms. The molecule has 0 saturated carbocycles. The Kier molecular flexibility index (Phi) is 4.78. The highest BCUT2D eigenvalue weighted by Crippen LogP contribution is 2.31. The van der Waals surface area contributed by atoms with Crippen LogP contribution in [0.15, 0.2) is 75.8 Å². The van der Waals surface area contributed by atoms with Crippen molar-refractivity contribution in [1.82, 2.24) is 0 Å². The first kappa shape index (κ1) is 17.1. The smallest absolute Gasteiger partial charge is 0.180 e. The maximum atomic E-state index is 11.9. The Bertz CT molecular complexity index is 1030. The highest BCUT2D eigenvalue weighted by Gasteiger charge is 2.13. The van der Waals surface area contributed by atoms with Crippen LogP contribution in [0.2, 0.25) is 0 Å². The van der Waals surface area contributed by atoms with Crippen LogP contribution in [0.5, 0.6) is 0 Å². The van der Waals surface area contributed by atoms with Crippen LogP contribution in [-0.4, -0.2) is 25.9 Å². The lowest BCUT2D eigenvalue weighted by molar-refractivity contribution is 0.319. The number of azo groups is 1. The van der Waals surface area contributed by atoms with Gasteiger partial charge in [-0.15, -0.1) is 5.11 Å². The van der Waals surface area contributed by atoms with Gasteiger partial charge in [0, 0.05) is 16.5 Å². The lowest BCUT2D eigenvalue weighted by Gasteiger charge is -2.04. The molecule has 0 bridgehead atoms. The van der Waals surface area contributed by atoms with Gasteiger partial charge in [-0.2, -0.15) is 5.11 Å². The van der Waals surface area contributed by atoms with E-state index in [2.05, 4.69) is 10.2 Å². The predicted molar refractivity (Wildman–Crippen MR) is 98.1 cm³/mol. The standard InChI is InChI=1S/C18H17N3O3S/c19-17-9-10-18(16-4-2-1-3-15(16)17)21-20-13-5-7-14(8-6-13)25(23,24)12-11-22/h1-10,22H,11-12,19H2. The topological polar surface area (TPSA) is 105 Å². The molecule has 25 heavy (non-hydrogen) atoms. The predicted octanol–water partition coefficient (Wildman–Crippen LogP) is 3.60. The van der Waals surface area contributed by atoms with E-state index in [-0.39, 0.29) is 10.6 Å². The molecule has 0 saturated heterocycles. The third kappa shape index (κ3) is 3.67. The molecular formula is C18H17N3O3S. The maximum Gasteiger partial charge on any atom is 0.180 e. The van der Waals surface area contributed by atoms with E-state index in [4.69, 9.17) is 10.8 Å². The number of nitrogens with zero attached hydrogens (tertiary/aromatic N) is 2.